The van der Waals surface area contributed by atoms with Crippen molar-refractivity contribution >= 4 is 44.8 Å². The van der Waals surface area contributed by atoms with E-state index in [0.717, 1.165) is 15.8 Å². The van der Waals surface area contributed by atoms with Crippen LogP contribution in [0.25, 0.3) is 0 Å². The zero-order chi connectivity index (χ0) is 15.9. The molecule has 0 aromatic heterocycles. The summed E-state index contributed by atoms with van der Waals surface area (Å²) in [6.45, 7) is 0.479. The Kier molecular flexibility index (Phi) is 6.10. The summed E-state index contributed by atoms with van der Waals surface area (Å²) in [7, 11) is 1.59. The van der Waals surface area contributed by atoms with Crippen molar-refractivity contribution < 1.29 is 9.53 Å². The smallest absolute Gasteiger partial charge is 0.226 e. The minimum atomic E-state index is -0.0691. The third-order valence-electron chi connectivity index (χ3n) is 2.98. The highest BCUT2D eigenvalue weighted by atomic mass is 79.9. The Morgan fingerprint density at radius 1 is 1.23 bits per heavy atom. The first-order chi connectivity index (χ1) is 10.6. The zero-order valence-electron chi connectivity index (χ0n) is 12.0. The first-order valence-corrected chi connectivity index (χ1v) is 7.89. The van der Waals surface area contributed by atoms with Crippen molar-refractivity contribution in [2.24, 2.45) is 0 Å². The number of carbonyl (C=O) groups is 1. The van der Waals surface area contributed by atoms with Crippen LogP contribution in [-0.4, -0.2) is 19.6 Å². The van der Waals surface area contributed by atoms with Crippen LogP contribution >= 0.6 is 27.5 Å². The Balaban J connectivity index is 1.87. The van der Waals surface area contributed by atoms with Gasteiger partial charge in [-0.05, 0) is 46.3 Å². The van der Waals surface area contributed by atoms with Crippen LogP contribution in [0, 0.1) is 0 Å². The summed E-state index contributed by atoms with van der Waals surface area (Å²) in [5.74, 6) is 0.621. The van der Waals surface area contributed by atoms with E-state index in [4.69, 9.17) is 16.3 Å². The molecule has 0 bridgehead atoms. The van der Waals surface area contributed by atoms with Crippen molar-refractivity contribution in [1.82, 2.24) is 0 Å². The molecule has 0 unspecified atom stereocenters. The maximum Gasteiger partial charge on any atom is 0.226 e. The van der Waals surface area contributed by atoms with Gasteiger partial charge in [-0.1, -0.05) is 23.7 Å². The molecule has 0 heterocycles. The van der Waals surface area contributed by atoms with Crippen molar-refractivity contribution in [2.45, 2.75) is 6.42 Å². The van der Waals surface area contributed by atoms with Crippen molar-refractivity contribution in [1.29, 1.82) is 0 Å². The van der Waals surface area contributed by atoms with Gasteiger partial charge in [0.1, 0.15) is 5.75 Å². The minimum Gasteiger partial charge on any atom is -0.495 e. The summed E-state index contributed by atoms with van der Waals surface area (Å²) >= 11 is 9.35. The van der Waals surface area contributed by atoms with Gasteiger partial charge >= 0.3 is 0 Å². The van der Waals surface area contributed by atoms with Gasteiger partial charge < -0.3 is 15.4 Å². The van der Waals surface area contributed by atoms with Crippen molar-refractivity contribution in [3.63, 3.8) is 0 Å². The van der Waals surface area contributed by atoms with Crippen molar-refractivity contribution in [3.05, 3.63) is 52.0 Å². The minimum absolute atomic E-state index is 0.0691. The third-order valence-corrected chi connectivity index (χ3v) is 3.90. The van der Waals surface area contributed by atoms with Crippen LogP contribution in [0.1, 0.15) is 6.42 Å². The van der Waals surface area contributed by atoms with Gasteiger partial charge in [0.25, 0.3) is 0 Å². The number of rotatable bonds is 6. The highest BCUT2D eigenvalue weighted by molar-refractivity contribution is 9.10. The average Bonchev–Trinajstić information content (AvgIpc) is 2.50. The van der Waals surface area contributed by atoms with Crippen LogP contribution in [0.2, 0.25) is 5.02 Å². The number of benzene rings is 2. The van der Waals surface area contributed by atoms with E-state index in [-0.39, 0.29) is 5.91 Å². The van der Waals surface area contributed by atoms with E-state index in [0.29, 0.717) is 23.7 Å². The Hall–Kier alpha value is -1.72. The van der Waals surface area contributed by atoms with Gasteiger partial charge in [-0.3, -0.25) is 4.79 Å². The predicted molar refractivity (Wildman–Crippen MR) is 93.9 cm³/mol. The molecule has 2 aromatic carbocycles. The molecule has 0 aliphatic heterocycles. The molecule has 0 spiro atoms. The van der Waals surface area contributed by atoms with Crippen LogP contribution < -0.4 is 15.4 Å². The van der Waals surface area contributed by atoms with E-state index in [2.05, 4.69) is 26.6 Å². The Morgan fingerprint density at radius 3 is 2.73 bits per heavy atom. The number of anilines is 2. The molecule has 0 radical (unpaired) electrons. The van der Waals surface area contributed by atoms with Crippen molar-refractivity contribution in [2.75, 3.05) is 24.3 Å². The number of carbonyl (C=O) groups excluding carboxylic acids is 1. The predicted octanol–water partition coefficient (Wildman–Crippen LogP) is 4.55. The summed E-state index contributed by atoms with van der Waals surface area (Å²) in [4.78, 5) is 11.9. The molecule has 2 rings (SSSR count). The van der Waals surface area contributed by atoms with Crippen LogP contribution in [-0.2, 0) is 4.79 Å². The van der Waals surface area contributed by atoms with E-state index >= 15 is 0 Å². The largest absolute Gasteiger partial charge is 0.495 e. The Morgan fingerprint density at radius 2 is 2.00 bits per heavy atom. The highest BCUT2D eigenvalue weighted by Gasteiger charge is 2.07. The monoisotopic (exact) mass is 382 g/mol. The molecule has 1 amide bonds. The molecule has 4 nitrogen and oxygen atoms in total. The molecule has 0 saturated carbocycles. The molecule has 2 aromatic rings. The van der Waals surface area contributed by atoms with E-state index in [1.807, 2.05) is 24.3 Å². The molecule has 22 heavy (non-hydrogen) atoms. The lowest BCUT2D eigenvalue weighted by Crippen LogP contribution is -2.16. The fourth-order valence-corrected chi connectivity index (χ4v) is 2.46. The summed E-state index contributed by atoms with van der Waals surface area (Å²) in [6.07, 6.45) is 0.330. The lowest BCUT2D eigenvalue weighted by atomic mass is 10.2. The van der Waals surface area contributed by atoms with Gasteiger partial charge in [-0.15, -0.1) is 0 Å². The molecular weight excluding hydrogens is 368 g/mol. The molecule has 0 aliphatic rings. The molecule has 0 saturated heterocycles. The van der Waals surface area contributed by atoms with Crippen molar-refractivity contribution in [3.8, 4) is 5.75 Å². The lowest BCUT2D eigenvalue weighted by Gasteiger charge is -2.12. The fourth-order valence-electron chi connectivity index (χ4n) is 1.90. The maximum absolute atomic E-state index is 11.9. The average molecular weight is 384 g/mol. The number of methoxy groups -OCH3 is 1. The van der Waals surface area contributed by atoms with Gasteiger partial charge in [-0.25, -0.2) is 0 Å². The maximum atomic E-state index is 11.9. The second kappa shape index (κ2) is 8.06. The van der Waals surface area contributed by atoms with Gasteiger partial charge in [0.15, 0.2) is 0 Å². The number of amides is 1. The first-order valence-electron chi connectivity index (χ1n) is 6.72. The summed E-state index contributed by atoms with van der Waals surface area (Å²) in [6, 6.07) is 12.8. The van der Waals surface area contributed by atoms with Crippen LogP contribution in [0.15, 0.2) is 46.9 Å². The molecule has 6 heteroatoms. The Bertz CT molecular complexity index is 664. The number of halogens is 2. The van der Waals surface area contributed by atoms with Crippen LogP contribution in [0.3, 0.4) is 0 Å². The second-order valence-electron chi connectivity index (χ2n) is 4.55. The fraction of sp³-hybridized carbons (Fsp3) is 0.188. The number of ether oxygens (including phenoxy) is 1. The molecule has 116 valence electrons. The molecule has 0 aliphatic carbocycles. The molecule has 0 atom stereocenters. The topological polar surface area (TPSA) is 50.4 Å². The van der Waals surface area contributed by atoms with Crippen LogP contribution in [0.4, 0.5) is 11.4 Å². The molecule has 2 N–H and O–H groups in total. The summed E-state index contributed by atoms with van der Waals surface area (Å²) < 4.78 is 6.10. The highest BCUT2D eigenvalue weighted by Crippen LogP contribution is 2.27. The SMILES string of the molecule is COc1ccc(Cl)cc1NCCC(=O)Nc1ccccc1Br. The van der Waals surface area contributed by atoms with Crippen LogP contribution in [0.5, 0.6) is 5.75 Å². The van der Waals surface area contributed by atoms with E-state index in [1.165, 1.54) is 0 Å². The first kappa shape index (κ1) is 16.6. The Labute approximate surface area is 142 Å². The van der Waals surface area contributed by atoms with E-state index < -0.39 is 0 Å². The normalized spacial score (nSPS) is 10.1. The summed E-state index contributed by atoms with van der Waals surface area (Å²) in [5, 5.41) is 6.62. The standard InChI is InChI=1S/C16H16BrClN2O2/c1-22-15-7-6-11(18)10-14(15)19-9-8-16(21)20-13-5-3-2-4-12(13)17/h2-7,10,19H,8-9H2,1H3,(H,20,21). The number of para-hydroxylation sites is 1. The van der Waals surface area contributed by atoms with Gasteiger partial charge in [0.05, 0.1) is 18.5 Å². The number of nitrogens with one attached hydrogen (secondary N) is 2. The summed E-state index contributed by atoms with van der Waals surface area (Å²) in [5.41, 5.74) is 1.52. The van der Waals surface area contributed by atoms with Gasteiger partial charge in [-0.2, -0.15) is 0 Å². The lowest BCUT2D eigenvalue weighted by molar-refractivity contribution is -0.115. The zero-order valence-corrected chi connectivity index (χ0v) is 14.4. The van der Waals surface area contributed by atoms with E-state index in [1.54, 1.807) is 25.3 Å². The van der Waals surface area contributed by atoms with Gasteiger partial charge in [0, 0.05) is 22.5 Å². The second-order valence-corrected chi connectivity index (χ2v) is 5.84. The molecule has 0 fully saturated rings. The number of hydrogen-bond donors (Lipinski definition) is 2. The van der Waals surface area contributed by atoms with Gasteiger partial charge in [0.2, 0.25) is 5.91 Å². The molecular formula is C16H16BrClN2O2. The quantitative estimate of drug-likeness (QED) is 0.769. The third kappa shape index (κ3) is 4.64. The number of hydrogen-bond acceptors (Lipinski definition) is 3. The van der Waals surface area contributed by atoms with E-state index in [9.17, 15) is 4.79 Å².